The fourth-order valence-corrected chi connectivity index (χ4v) is 1.49. The van der Waals surface area contributed by atoms with E-state index in [0.717, 1.165) is 17.0 Å². The summed E-state index contributed by atoms with van der Waals surface area (Å²) >= 11 is 5.83. The zero-order chi connectivity index (χ0) is 12.7. The Morgan fingerprint density at radius 2 is 1.94 bits per heavy atom. The molecule has 0 bridgehead atoms. The second-order valence-electron chi connectivity index (χ2n) is 4.06. The van der Waals surface area contributed by atoms with Gasteiger partial charge in [-0.15, -0.1) is 0 Å². The van der Waals surface area contributed by atoms with Crippen LogP contribution in [0.4, 0.5) is 0 Å². The van der Waals surface area contributed by atoms with Crippen molar-refractivity contribution >= 4 is 11.6 Å². The van der Waals surface area contributed by atoms with Gasteiger partial charge in [-0.2, -0.15) is 0 Å². The maximum absolute atomic E-state index is 5.83. The number of hydrogen-bond acceptors (Lipinski definition) is 1. The van der Waals surface area contributed by atoms with E-state index in [2.05, 4.69) is 28.9 Å². The van der Waals surface area contributed by atoms with Crippen LogP contribution in [0.5, 0.6) is 0 Å². The summed E-state index contributed by atoms with van der Waals surface area (Å²) in [5, 5.41) is 0.744. The molecule has 0 aliphatic rings. The Morgan fingerprint density at radius 3 is 2.47 bits per heavy atom. The molecule has 0 saturated heterocycles. The monoisotopic (exact) mass is 247 g/mol. The number of rotatable bonds is 3. The van der Waals surface area contributed by atoms with E-state index in [1.54, 1.807) is 0 Å². The summed E-state index contributed by atoms with van der Waals surface area (Å²) in [5.41, 5.74) is 1.00. The molecule has 1 aromatic rings. The molecule has 0 aromatic heterocycles. The Morgan fingerprint density at radius 1 is 1.29 bits per heavy atom. The number of halogens is 1. The van der Waals surface area contributed by atoms with Crippen molar-refractivity contribution in [2.75, 3.05) is 14.1 Å². The highest BCUT2D eigenvalue weighted by Gasteiger charge is 2.04. The second-order valence-corrected chi connectivity index (χ2v) is 4.50. The molecular weight excluding hydrogens is 230 g/mol. The lowest BCUT2D eigenvalue weighted by Gasteiger charge is -2.16. The standard InChI is InChI=1S/C15H18ClN/c1-4-5-6-15(17(2)3)12-9-13-7-10-14(16)11-8-13/h4-5,7-8,10-11,15H,6H2,1-3H3/b5-4+. The Hall–Kier alpha value is -1.23. The minimum atomic E-state index is 0.252. The van der Waals surface area contributed by atoms with Crippen molar-refractivity contribution in [3.63, 3.8) is 0 Å². The van der Waals surface area contributed by atoms with Crippen molar-refractivity contribution < 1.29 is 0 Å². The van der Waals surface area contributed by atoms with Crippen LogP contribution >= 0.6 is 11.6 Å². The minimum Gasteiger partial charge on any atom is -0.296 e. The molecule has 0 spiro atoms. The third kappa shape index (κ3) is 5.08. The van der Waals surface area contributed by atoms with Crippen molar-refractivity contribution in [1.82, 2.24) is 4.90 Å². The van der Waals surface area contributed by atoms with Gasteiger partial charge >= 0.3 is 0 Å². The highest BCUT2D eigenvalue weighted by atomic mass is 35.5. The van der Waals surface area contributed by atoms with Crippen LogP contribution in [0.2, 0.25) is 5.02 Å². The lowest BCUT2D eigenvalue weighted by molar-refractivity contribution is 0.355. The summed E-state index contributed by atoms with van der Waals surface area (Å²) in [6.45, 7) is 2.03. The van der Waals surface area contributed by atoms with Gasteiger partial charge in [0.25, 0.3) is 0 Å². The minimum absolute atomic E-state index is 0.252. The van der Waals surface area contributed by atoms with Gasteiger partial charge in [-0.05, 0) is 51.7 Å². The third-order valence-electron chi connectivity index (χ3n) is 2.45. The van der Waals surface area contributed by atoms with Gasteiger partial charge in [0.15, 0.2) is 0 Å². The molecule has 90 valence electrons. The predicted molar refractivity (Wildman–Crippen MR) is 75.2 cm³/mol. The second kappa shape index (κ2) is 7.17. The highest BCUT2D eigenvalue weighted by Crippen LogP contribution is 2.08. The highest BCUT2D eigenvalue weighted by molar-refractivity contribution is 6.30. The van der Waals surface area contributed by atoms with Crippen molar-refractivity contribution in [3.8, 4) is 11.8 Å². The average Bonchev–Trinajstić information content (AvgIpc) is 2.31. The quantitative estimate of drug-likeness (QED) is 0.583. The molecule has 0 saturated carbocycles. The molecule has 0 radical (unpaired) electrons. The summed E-state index contributed by atoms with van der Waals surface area (Å²) in [4.78, 5) is 2.13. The molecular formula is C15H18ClN. The van der Waals surface area contributed by atoms with Crippen LogP contribution in [0.3, 0.4) is 0 Å². The summed E-state index contributed by atoms with van der Waals surface area (Å²) < 4.78 is 0. The van der Waals surface area contributed by atoms with Gasteiger partial charge in [-0.3, -0.25) is 4.90 Å². The van der Waals surface area contributed by atoms with Crippen LogP contribution in [0.15, 0.2) is 36.4 Å². The summed E-state index contributed by atoms with van der Waals surface area (Å²) in [6, 6.07) is 7.86. The van der Waals surface area contributed by atoms with Crippen molar-refractivity contribution in [2.45, 2.75) is 19.4 Å². The van der Waals surface area contributed by atoms with E-state index < -0.39 is 0 Å². The van der Waals surface area contributed by atoms with Crippen molar-refractivity contribution in [3.05, 3.63) is 47.0 Å². The molecule has 1 unspecified atom stereocenters. The molecule has 0 amide bonds. The van der Waals surface area contributed by atoms with E-state index in [9.17, 15) is 0 Å². The van der Waals surface area contributed by atoms with Gasteiger partial charge in [0.1, 0.15) is 0 Å². The first-order chi connectivity index (χ1) is 8.13. The Bertz CT molecular complexity index is 420. The molecule has 1 atom stereocenters. The van der Waals surface area contributed by atoms with E-state index in [0.29, 0.717) is 0 Å². The third-order valence-corrected chi connectivity index (χ3v) is 2.70. The van der Waals surface area contributed by atoms with Gasteiger partial charge in [0.05, 0.1) is 6.04 Å². The molecule has 2 heteroatoms. The molecule has 17 heavy (non-hydrogen) atoms. The summed E-state index contributed by atoms with van der Waals surface area (Å²) in [6.07, 6.45) is 5.14. The van der Waals surface area contributed by atoms with E-state index in [1.807, 2.05) is 45.3 Å². The first-order valence-corrected chi connectivity index (χ1v) is 6.06. The van der Waals surface area contributed by atoms with Crippen LogP contribution in [-0.2, 0) is 0 Å². The largest absolute Gasteiger partial charge is 0.296 e. The number of hydrogen-bond donors (Lipinski definition) is 0. The van der Waals surface area contributed by atoms with Crippen molar-refractivity contribution in [2.24, 2.45) is 0 Å². The molecule has 0 N–H and O–H groups in total. The Labute approximate surface area is 109 Å². The maximum atomic E-state index is 5.83. The smallest absolute Gasteiger partial charge is 0.0748 e. The summed E-state index contributed by atoms with van der Waals surface area (Å²) in [5.74, 6) is 6.45. The van der Waals surface area contributed by atoms with Crippen LogP contribution in [0.25, 0.3) is 0 Å². The fourth-order valence-electron chi connectivity index (χ4n) is 1.36. The molecule has 0 aliphatic heterocycles. The Kier molecular flexibility index (Phi) is 5.83. The van der Waals surface area contributed by atoms with Crippen LogP contribution < -0.4 is 0 Å². The van der Waals surface area contributed by atoms with Gasteiger partial charge in [0, 0.05) is 10.6 Å². The van der Waals surface area contributed by atoms with E-state index in [4.69, 9.17) is 11.6 Å². The first kappa shape index (κ1) is 13.8. The normalized spacial score (nSPS) is 12.5. The predicted octanol–water partition coefficient (Wildman–Crippen LogP) is 3.59. The number of nitrogens with zero attached hydrogens (tertiary/aromatic N) is 1. The number of benzene rings is 1. The molecule has 0 heterocycles. The van der Waals surface area contributed by atoms with Gasteiger partial charge in [-0.25, -0.2) is 0 Å². The average molecular weight is 248 g/mol. The molecule has 1 aromatic carbocycles. The topological polar surface area (TPSA) is 3.24 Å². The molecule has 1 nitrogen and oxygen atoms in total. The van der Waals surface area contributed by atoms with Crippen LogP contribution in [0.1, 0.15) is 18.9 Å². The lowest BCUT2D eigenvalue weighted by atomic mass is 10.1. The Balaban J connectivity index is 2.76. The number of allylic oxidation sites excluding steroid dienone is 1. The molecule has 0 aliphatic carbocycles. The summed E-state index contributed by atoms with van der Waals surface area (Å²) in [7, 11) is 4.09. The van der Waals surface area contributed by atoms with E-state index >= 15 is 0 Å². The van der Waals surface area contributed by atoms with Crippen LogP contribution in [-0.4, -0.2) is 25.0 Å². The van der Waals surface area contributed by atoms with E-state index in [-0.39, 0.29) is 6.04 Å². The van der Waals surface area contributed by atoms with Crippen LogP contribution in [0, 0.1) is 11.8 Å². The fraction of sp³-hybridized carbons (Fsp3) is 0.333. The van der Waals surface area contributed by atoms with Gasteiger partial charge < -0.3 is 0 Å². The zero-order valence-electron chi connectivity index (χ0n) is 10.6. The van der Waals surface area contributed by atoms with Gasteiger partial charge in [-0.1, -0.05) is 35.6 Å². The lowest BCUT2D eigenvalue weighted by Crippen LogP contribution is -2.25. The SMILES string of the molecule is C/C=C/CC(C#Cc1ccc(Cl)cc1)N(C)C. The molecule has 1 rings (SSSR count). The zero-order valence-corrected chi connectivity index (χ0v) is 11.3. The maximum Gasteiger partial charge on any atom is 0.0748 e. The van der Waals surface area contributed by atoms with Crippen molar-refractivity contribution in [1.29, 1.82) is 0 Å². The van der Waals surface area contributed by atoms with Gasteiger partial charge in [0.2, 0.25) is 0 Å². The first-order valence-electron chi connectivity index (χ1n) is 5.68. The molecule has 0 fully saturated rings. The van der Waals surface area contributed by atoms with E-state index in [1.165, 1.54) is 0 Å².